The van der Waals surface area contributed by atoms with Crippen molar-refractivity contribution in [2.45, 2.75) is 39.0 Å². The van der Waals surface area contributed by atoms with Crippen LogP contribution in [0.4, 0.5) is 5.69 Å². The highest BCUT2D eigenvalue weighted by Gasteiger charge is 2.16. The predicted octanol–water partition coefficient (Wildman–Crippen LogP) is 2.60. The fraction of sp³-hybridized carbons (Fsp3) is 0.625. The molecule has 21 heavy (non-hydrogen) atoms. The molecule has 120 valence electrons. The van der Waals surface area contributed by atoms with E-state index in [1.807, 2.05) is 18.2 Å². The lowest BCUT2D eigenvalue weighted by molar-refractivity contribution is 0.0278. The minimum Gasteiger partial charge on any atom is -0.491 e. The predicted molar refractivity (Wildman–Crippen MR) is 84.0 cm³/mol. The molecule has 2 atom stereocenters. The Bertz CT molecular complexity index is 421. The third-order valence-electron chi connectivity index (χ3n) is 2.91. The number of anilines is 1. The molecule has 0 aromatic heterocycles. The molecule has 0 aliphatic heterocycles. The van der Waals surface area contributed by atoms with E-state index in [1.165, 1.54) is 0 Å². The number of methoxy groups -OCH3 is 2. The van der Waals surface area contributed by atoms with Crippen LogP contribution in [0.1, 0.15) is 32.4 Å². The number of hydrogen-bond donors (Lipinski definition) is 2. The van der Waals surface area contributed by atoms with E-state index in [1.54, 1.807) is 21.1 Å². The molecule has 0 aliphatic rings. The Balaban J connectivity index is 3.00. The molecule has 1 aromatic rings. The zero-order chi connectivity index (χ0) is 15.8. The molecule has 1 aromatic carbocycles. The maximum absolute atomic E-state index is 9.30. The van der Waals surface area contributed by atoms with E-state index >= 15 is 0 Å². The van der Waals surface area contributed by atoms with Crippen molar-refractivity contribution in [3.05, 3.63) is 23.8 Å². The van der Waals surface area contributed by atoms with Crippen LogP contribution in [0.5, 0.6) is 5.75 Å². The van der Waals surface area contributed by atoms with Gasteiger partial charge in [-0.2, -0.15) is 0 Å². The zero-order valence-corrected chi connectivity index (χ0v) is 13.6. The van der Waals surface area contributed by atoms with Gasteiger partial charge in [-0.15, -0.1) is 0 Å². The molecule has 1 rings (SSSR count). The summed E-state index contributed by atoms with van der Waals surface area (Å²) in [5, 5.41) is 12.7. The first-order valence-corrected chi connectivity index (χ1v) is 7.21. The Labute approximate surface area is 127 Å². The van der Waals surface area contributed by atoms with E-state index in [-0.39, 0.29) is 18.8 Å². The summed E-state index contributed by atoms with van der Waals surface area (Å²) in [5.74, 6) is 0.718. The molecular weight excluding hydrogens is 270 g/mol. The van der Waals surface area contributed by atoms with Crippen LogP contribution in [0.25, 0.3) is 0 Å². The first-order chi connectivity index (χ1) is 9.97. The minimum atomic E-state index is -0.494. The number of ether oxygens (including phenoxy) is 3. The monoisotopic (exact) mass is 297 g/mol. The van der Waals surface area contributed by atoms with E-state index in [4.69, 9.17) is 14.2 Å². The Morgan fingerprint density at radius 1 is 1.14 bits per heavy atom. The quantitative estimate of drug-likeness (QED) is 0.733. The Hall–Kier alpha value is -1.30. The molecule has 0 spiro atoms. The summed E-state index contributed by atoms with van der Waals surface area (Å²) >= 11 is 0. The molecular formula is C16H27NO4. The van der Waals surface area contributed by atoms with Crippen molar-refractivity contribution >= 4 is 5.69 Å². The van der Waals surface area contributed by atoms with Gasteiger partial charge in [0, 0.05) is 37.6 Å². The van der Waals surface area contributed by atoms with Gasteiger partial charge in [-0.05, 0) is 26.8 Å². The normalized spacial score (nSPS) is 14.0. The van der Waals surface area contributed by atoms with Crippen LogP contribution >= 0.6 is 0 Å². The summed E-state index contributed by atoms with van der Waals surface area (Å²) in [6.45, 7) is 6.60. The smallest absolute Gasteiger partial charge is 0.121 e. The SMILES string of the molecule is COCC(OC)c1ccc(OCC(C)O)cc1NC(C)C. The second-order valence-corrected chi connectivity index (χ2v) is 5.39. The molecule has 2 N–H and O–H groups in total. The number of benzene rings is 1. The van der Waals surface area contributed by atoms with E-state index in [0.29, 0.717) is 6.61 Å². The molecule has 0 fully saturated rings. The molecule has 5 nitrogen and oxygen atoms in total. The van der Waals surface area contributed by atoms with Crippen LogP contribution in [-0.4, -0.2) is 44.7 Å². The van der Waals surface area contributed by atoms with E-state index in [2.05, 4.69) is 19.2 Å². The molecule has 0 saturated heterocycles. The largest absolute Gasteiger partial charge is 0.491 e. The van der Waals surface area contributed by atoms with Crippen molar-refractivity contribution in [2.75, 3.05) is 32.8 Å². The number of hydrogen-bond acceptors (Lipinski definition) is 5. The minimum absolute atomic E-state index is 0.137. The van der Waals surface area contributed by atoms with Gasteiger partial charge in [0.05, 0.1) is 12.7 Å². The topological polar surface area (TPSA) is 60.0 Å². The number of rotatable bonds is 9. The van der Waals surface area contributed by atoms with Gasteiger partial charge in [0.2, 0.25) is 0 Å². The lowest BCUT2D eigenvalue weighted by atomic mass is 10.1. The third-order valence-corrected chi connectivity index (χ3v) is 2.91. The first-order valence-electron chi connectivity index (χ1n) is 7.21. The van der Waals surface area contributed by atoms with E-state index < -0.39 is 6.10 Å². The van der Waals surface area contributed by atoms with Crippen LogP contribution in [0.2, 0.25) is 0 Å². The number of nitrogens with one attached hydrogen (secondary N) is 1. The van der Waals surface area contributed by atoms with Gasteiger partial charge in [0.25, 0.3) is 0 Å². The average Bonchev–Trinajstić information content (AvgIpc) is 2.42. The van der Waals surface area contributed by atoms with Crippen LogP contribution in [-0.2, 0) is 9.47 Å². The zero-order valence-electron chi connectivity index (χ0n) is 13.6. The molecule has 2 unspecified atom stereocenters. The maximum atomic E-state index is 9.30. The molecule has 0 bridgehead atoms. The van der Waals surface area contributed by atoms with Crippen LogP contribution in [0.15, 0.2) is 18.2 Å². The van der Waals surface area contributed by atoms with Crippen LogP contribution < -0.4 is 10.1 Å². The molecule has 0 amide bonds. The lowest BCUT2D eigenvalue weighted by Gasteiger charge is -2.22. The number of aliphatic hydroxyl groups excluding tert-OH is 1. The fourth-order valence-corrected chi connectivity index (χ4v) is 1.99. The van der Waals surface area contributed by atoms with Crippen LogP contribution in [0.3, 0.4) is 0 Å². The Kier molecular flexibility index (Phi) is 7.50. The van der Waals surface area contributed by atoms with Gasteiger partial charge >= 0.3 is 0 Å². The van der Waals surface area contributed by atoms with Crippen molar-refractivity contribution in [3.63, 3.8) is 0 Å². The summed E-state index contributed by atoms with van der Waals surface area (Å²) in [6, 6.07) is 6.07. The highest BCUT2D eigenvalue weighted by Crippen LogP contribution is 2.30. The molecule has 5 heteroatoms. The van der Waals surface area contributed by atoms with Gasteiger partial charge < -0.3 is 24.6 Å². The van der Waals surface area contributed by atoms with Crippen molar-refractivity contribution in [1.82, 2.24) is 0 Å². The van der Waals surface area contributed by atoms with Gasteiger partial charge in [0.1, 0.15) is 18.5 Å². The van der Waals surface area contributed by atoms with E-state index in [9.17, 15) is 5.11 Å². The second kappa shape index (κ2) is 8.87. The van der Waals surface area contributed by atoms with Crippen LogP contribution in [0, 0.1) is 0 Å². The first kappa shape index (κ1) is 17.8. The summed E-state index contributed by atoms with van der Waals surface area (Å²) in [5.41, 5.74) is 1.98. The van der Waals surface area contributed by atoms with Gasteiger partial charge in [-0.25, -0.2) is 0 Å². The number of aliphatic hydroxyl groups is 1. The van der Waals surface area contributed by atoms with E-state index in [0.717, 1.165) is 17.0 Å². The summed E-state index contributed by atoms with van der Waals surface area (Å²) in [6.07, 6.45) is -0.631. The van der Waals surface area contributed by atoms with Crippen molar-refractivity contribution in [1.29, 1.82) is 0 Å². The third kappa shape index (κ3) is 5.91. The van der Waals surface area contributed by atoms with Crippen molar-refractivity contribution < 1.29 is 19.3 Å². The highest BCUT2D eigenvalue weighted by atomic mass is 16.5. The fourth-order valence-electron chi connectivity index (χ4n) is 1.99. The summed E-state index contributed by atoms with van der Waals surface area (Å²) in [7, 11) is 3.32. The van der Waals surface area contributed by atoms with Crippen molar-refractivity contribution in [2.24, 2.45) is 0 Å². The molecule has 0 heterocycles. The Morgan fingerprint density at radius 2 is 1.86 bits per heavy atom. The lowest BCUT2D eigenvalue weighted by Crippen LogP contribution is -2.17. The second-order valence-electron chi connectivity index (χ2n) is 5.39. The molecule has 0 aliphatic carbocycles. The summed E-state index contributed by atoms with van der Waals surface area (Å²) in [4.78, 5) is 0. The molecule has 0 saturated carbocycles. The summed E-state index contributed by atoms with van der Waals surface area (Å²) < 4.78 is 16.2. The van der Waals surface area contributed by atoms with Crippen molar-refractivity contribution in [3.8, 4) is 5.75 Å². The maximum Gasteiger partial charge on any atom is 0.121 e. The highest BCUT2D eigenvalue weighted by molar-refractivity contribution is 5.56. The van der Waals surface area contributed by atoms with Gasteiger partial charge in [-0.1, -0.05) is 6.07 Å². The molecule has 0 radical (unpaired) electrons. The van der Waals surface area contributed by atoms with Gasteiger partial charge in [0.15, 0.2) is 0 Å². The standard InChI is InChI=1S/C16H27NO4/c1-11(2)17-15-8-13(21-9-12(3)18)6-7-14(15)16(20-5)10-19-4/h6-8,11-12,16-18H,9-10H2,1-5H3. The van der Waals surface area contributed by atoms with Gasteiger partial charge in [-0.3, -0.25) is 0 Å². The average molecular weight is 297 g/mol. The Morgan fingerprint density at radius 3 is 2.38 bits per heavy atom.